The normalized spacial score (nSPS) is 14.2. The predicted molar refractivity (Wildman–Crippen MR) is 105 cm³/mol. The van der Waals surface area contributed by atoms with Crippen LogP contribution in [-0.2, 0) is 20.6 Å². The number of benzene rings is 1. The molecule has 2 rings (SSSR count). The first kappa shape index (κ1) is 22.1. The van der Waals surface area contributed by atoms with Gasteiger partial charge in [0.1, 0.15) is 6.04 Å². The second-order valence-electron chi connectivity index (χ2n) is 7.17. The number of carbonyl (C=O) groups excluding carboxylic acids is 1. The number of rotatable bonds is 10. The summed E-state index contributed by atoms with van der Waals surface area (Å²) in [5, 5.41) is 15.5. The van der Waals surface area contributed by atoms with Gasteiger partial charge in [0.05, 0.1) is 12.3 Å². The van der Waals surface area contributed by atoms with Gasteiger partial charge in [0, 0.05) is 23.5 Å². The Bertz CT molecular complexity index is 875. The molecule has 0 saturated carbocycles. The van der Waals surface area contributed by atoms with Crippen LogP contribution in [-0.4, -0.2) is 50.1 Å². The van der Waals surface area contributed by atoms with Gasteiger partial charge in [-0.25, -0.2) is 4.79 Å². The first-order chi connectivity index (χ1) is 13.1. The summed E-state index contributed by atoms with van der Waals surface area (Å²) in [4.78, 5) is 45.4. The summed E-state index contributed by atoms with van der Waals surface area (Å²) in [6.45, 7) is 3.72. The molecule has 1 heterocycles. The third-order valence-corrected chi connectivity index (χ3v) is 4.88. The highest BCUT2D eigenvalue weighted by atomic mass is 31.2. The third kappa shape index (κ3) is 6.45. The van der Waals surface area contributed by atoms with Gasteiger partial charge in [0.25, 0.3) is 0 Å². The molecule has 10 heteroatoms. The average molecular weight is 411 g/mol. The summed E-state index contributed by atoms with van der Waals surface area (Å²) in [6.07, 6.45) is 1.45. The lowest BCUT2D eigenvalue weighted by Crippen LogP contribution is -2.51. The fourth-order valence-electron chi connectivity index (χ4n) is 2.98. The molecule has 1 aromatic heterocycles. The van der Waals surface area contributed by atoms with Crippen LogP contribution in [0.25, 0.3) is 10.9 Å². The molecule has 0 unspecified atom stereocenters. The fraction of sp³-hybridized carbons (Fsp3) is 0.444. The van der Waals surface area contributed by atoms with E-state index in [0.717, 1.165) is 16.5 Å². The largest absolute Gasteiger partial charge is 0.480 e. The van der Waals surface area contributed by atoms with Crippen LogP contribution in [0.15, 0.2) is 30.5 Å². The van der Waals surface area contributed by atoms with Gasteiger partial charge < -0.3 is 25.2 Å². The monoisotopic (exact) mass is 411 g/mol. The number of carboxylic acids is 1. The number of carbonyl (C=O) groups is 2. The van der Waals surface area contributed by atoms with Crippen molar-refractivity contribution in [2.45, 2.75) is 38.8 Å². The number of aromatic nitrogens is 1. The molecule has 0 aliphatic heterocycles. The lowest BCUT2D eigenvalue weighted by Gasteiger charge is -2.23. The molecule has 0 aliphatic carbocycles. The Labute approximate surface area is 162 Å². The zero-order valence-electron chi connectivity index (χ0n) is 15.8. The SMILES string of the molecule is CC(C)C[C@H](NCP(=O)(O)O)C(=O)N[C@@H](Cc1c[nH]c2ccccc12)C(=O)O. The second kappa shape index (κ2) is 9.34. The smallest absolute Gasteiger partial charge is 0.339 e. The zero-order valence-corrected chi connectivity index (χ0v) is 16.6. The molecular weight excluding hydrogens is 385 g/mol. The van der Waals surface area contributed by atoms with Crippen LogP contribution in [0.3, 0.4) is 0 Å². The van der Waals surface area contributed by atoms with E-state index in [0.29, 0.717) is 6.42 Å². The van der Waals surface area contributed by atoms with Gasteiger partial charge in [0.15, 0.2) is 0 Å². The topological polar surface area (TPSA) is 152 Å². The number of nitrogens with one attached hydrogen (secondary N) is 3. The van der Waals surface area contributed by atoms with Crippen LogP contribution in [0, 0.1) is 5.92 Å². The number of carboxylic acid groups (broad SMARTS) is 1. The molecule has 154 valence electrons. The minimum absolute atomic E-state index is 0.0666. The number of aromatic amines is 1. The molecule has 28 heavy (non-hydrogen) atoms. The molecule has 0 fully saturated rings. The third-order valence-electron chi connectivity index (χ3n) is 4.28. The molecule has 1 aromatic carbocycles. The minimum atomic E-state index is -4.34. The van der Waals surface area contributed by atoms with Crippen LogP contribution in [0.4, 0.5) is 0 Å². The minimum Gasteiger partial charge on any atom is -0.480 e. The molecule has 0 spiro atoms. The maximum atomic E-state index is 12.6. The van der Waals surface area contributed by atoms with E-state index in [9.17, 15) is 19.3 Å². The molecule has 2 aromatic rings. The highest BCUT2D eigenvalue weighted by Crippen LogP contribution is 2.32. The van der Waals surface area contributed by atoms with Crippen molar-refractivity contribution in [1.29, 1.82) is 0 Å². The zero-order chi connectivity index (χ0) is 20.9. The van der Waals surface area contributed by atoms with Crippen molar-refractivity contribution in [2.24, 2.45) is 5.92 Å². The van der Waals surface area contributed by atoms with Crippen LogP contribution in [0.1, 0.15) is 25.8 Å². The standard InChI is InChI=1S/C18H26N3O6P/c1-11(2)7-15(20-10-28(25,26)27)17(22)21-16(18(23)24)8-12-9-19-14-6-4-3-5-13(12)14/h3-6,9,11,15-16,19-20H,7-8,10H2,1-2H3,(H,21,22)(H,23,24)(H2,25,26,27)/t15-,16-/m0/s1. The summed E-state index contributed by atoms with van der Waals surface area (Å²) in [5.74, 6) is -1.72. The molecule has 0 radical (unpaired) electrons. The number of H-pyrrole nitrogens is 1. The molecule has 6 N–H and O–H groups in total. The quantitative estimate of drug-likeness (QED) is 0.323. The van der Waals surface area contributed by atoms with E-state index in [1.54, 1.807) is 6.20 Å². The Morgan fingerprint density at radius 1 is 1.18 bits per heavy atom. The summed E-state index contributed by atoms with van der Waals surface area (Å²) >= 11 is 0. The van der Waals surface area contributed by atoms with Crippen molar-refractivity contribution in [3.63, 3.8) is 0 Å². The summed E-state index contributed by atoms with van der Waals surface area (Å²) in [5.41, 5.74) is 1.63. The van der Waals surface area contributed by atoms with Crippen molar-refractivity contribution in [1.82, 2.24) is 15.6 Å². The van der Waals surface area contributed by atoms with E-state index >= 15 is 0 Å². The van der Waals surface area contributed by atoms with Crippen molar-refractivity contribution in [3.8, 4) is 0 Å². The molecule has 0 saturated heterocycles. The van der Waals surface area contributed by atoms with E-state index in [1.165, 1.54) is 0 Å². The molecule has 9 nitrogen and oxygen atoms in total. The molecule has 1 amide bonds. The first-order valence-electron chi connectivity index (χ1n) is 8.93. The van der Waals surface area contributed by atoms with E-state index in [1.807, 2.05) is 38.1 Å². The van der Waals surface area contributed by atoms with Crippen LogP contribution in [0.5, 0.6) is 0 Å². The Morgan fingerprint density at radius 3 is 2.46 bits per heavy atom. The number of hydrogen-bond acceptors (Lipinski definition) is 4. The Hall–Kier alpha value is -2.19. The fourth-order valence-corrected chi connectivity index (χ4v) is 3.43. The molecule has 0 bridgehead atoms. The van der Waals surface area contributed by atoms with Crippen molar-refractivity contribution in [2.75, 3.05) is 6.29 Å². The Kier molecular flexibility index (Phi) is 7.37. The van der Waals surface area contributed by atoms with Crippen molar-refractivity contribution < 1.29 is 29.0 Å². The maximum absolute atomic E-state index is 12.6. The number of hydrogen-bond donors (Lipinski definition) is 6. The van der Waals surface area contributed by atoms with Gasteiger partial charge in [-0.2, -0.15) is 0 Å². The van der Waals surface area contributed by atoms with E-state index in [2.05, 4.69) is 15.6 Å². The van der Waals surface area contributed by atoms with Gasteiger partial charge in [-0.3, -0.25) is 14.7 Å². The van der Waals surface area contributed by atoms with Gasteiger partial charge in [-0.1, -0.05) is 32.0 Å². The highest BCUT2D eigenvalue weighted by Gasteiger charge is 2.28. The summed E-state index contributed by atoms with van der Waals surface area (Å²) < 4.78 is 11.1. The van der Waals surface area contributed by atoms with Crippen molar-refractivity contribution in [3.05, 3.63) is 36.0 Å². The number of fused-ring (bicyclic) bond motifs is 1. The maximum Gasteiger partial charge on any atom is 0.339 e. The molecule has 2 atom stereocenters. The van der Waals surface area contributed by atoms with Gasteiger partial charge in [-0.05, 0) is 24.0 Å². The highest BCUT2D eigenvalue weighted by molar-refractivity contribution is 7.51. The summed E-state index contributed by atoms with van der Waals surface area (Å²) in [6, 6.07) is 5.37. The Morgan fingerprint density at radius 2 is 1.86 bits per heavy atom. The van der Waals surface area contributed by atoms with Gasteiger partial charge in [-0.15, -0.1) is 0 Å². The first-order valence-corrected chi connectivity index (χ1v) is 10.7. The van der Waals surface area contributed by atoms with Crippen LogP contribution in [0.2, 0.25) is 0 Å². The van der Waals surface area contributed by atoms with Gasteiger partial charge >= 0.3 is 13.6 Å². The predicted octanol–water partition coefficient (Wildman–Crippen LogP) is 1.42. The second-order valence-corrected chi connectivity index (χ2v) is 8.82. The summed E-state index contributed by atoms with van der Waals surface area (Å²) in [7, 11) is -4.34. The average Bonchev–Trinajstić information content (AvgIpc) is 3.00. The number of amides is 1. The molecular formula is C18H26N3O6P. The Balaban J connectivity index is 2.12. The lowest BCUT2D eigenvalue weighted by molar-refractivity contribution is -0.142. The van der Waals surface area contributed by atoms with Crippen LogP contribution < -0.4 is 10.6 Å². The number of aliphatic carboxylic acids is 1. The van der Waals surface area contributed by atoms with Crippen molar-refractivity contribution >= 4 is 30.4 Å². The van der Waals surface area contributed by atoms with Crippen LogP contribution >= 0.6 is 7.60 Å². The van der Waals surface area contributed by atoms with E-state index in [-0.39, 0.29) is 12.3 Å². The van der Waals surface area contributed by atoms with Gasteiger partial charge in [0.2, 0.25) is 5.91 Å². The van der Waals surface area contributed by atoms with E-state index < -0.39 is 37.8 Å². The molecule has 0 aliphatic rings. The number of para-hydroxylation sites is 1. The van der Waals surface area contributed by atoms with E-state index in [4.69, 9.17) is 9.79 Å². The lowest BCUT2D eigenvalue weighted by atomic mass is 10.0.